The zero-order valence-corrected chi connectivity index (χ0v) is 18.4. The van der Waals surface area contributed by atoms with Crippen molar-refractivity contribution >= 4 is 0 Å². The smallest absolute Gasteiger partial charge is 0.00519 e. The van der Waals surface area contributed by atoms with Crippen molar-refractivity contribution in [3.63, 3.8) is 0 Å². The van der Waals surface area contributed by atoms with E-state index in [-0.39, 0.29) is 0 Å². The Hall–Kier alpha value is -0.0800. The molecule has 0 atom stereocenters. The Morgan fingerprint density at radius 2 is 0.760 bits per heavy atom. The molecule has 2 heteroatoms. The molecule has 0 radical (unpaired) electrons. The van der Waals surface area contributed by atoms with E-state index in [9.17, 15) is 0 Å². The molecule has 2 N–H and O–H groups in total. The lowest BCUT2D eigenvalue weighted by molar-refractivity contribution is 0.528. The summed E-state index contributed by atoms with van der Waals surface area (Å²) >= 11 is 0. The topological polar surface area (TPSA) is 24.1 Å². The first-order valence-corrected chi connectivity index (χ1v) is 11.7. The van der Waals surface area contributed by atoms with Gasteiger partial charge < -0.3 is 10.6 Å². The van der Waals surface area contributed by atoms with E-state index in [4.69, 9.17) is 0 Å². The Kier molecular flexibility index (Phi) is 31.2. The Bertz CT molecular complexity index is 175. The van der Waals surface area contributed by atoms with Gasteiger partial charge in [0.05, 0.1) is 0 Å². The second kappa shape index (κ2) is 28.7. The maximum atomic E-state index is 3.22. The lowest BCUT2D eigenvalue weighted by Gasteiger charge is -2.03. The van der Waals surface area contributed by atoms with Crippen LogP contribution in [0, 0.1) is 0 Å². The third-order valence-electron chi connectivity index (χ3n) is 4.78. The highest BCUT2D eigenvalue weighted by molar-refractivity contribution is 4.50. The largest absolute Gasteiger partial charge is 0.320 e. The highest BCUT2D eigenvalue weighted by Gasteiger charge is 1.94. The zero-order chi connectivity index (χ0) is 18.8. The van der Waals surface area contributed by atoms with Gasteiger partial charge in [-0.15, -0.1) is 0 Å². The highest BCUT2D eigenvalue weighted by atomic mass is 14.8. The second-order valence-corrected chi connectivity index (χ2v) is 7.36. The molecule has 0 aromatic carbocycles. The van der Waals surface area contributed by atoms with E-state index in [1.54, 1.807) is 0 Å². The molecular formula is C23H52N2. The molecular weight excluding hydrogens is 304 g/mol. The van der Waals surface area contributed by atoms with Crippen LogP contribution in [0.15, 0.2) is 0 Å². The predicted octanol–water partition coefficient (Wildman–Crippen LogP) is 7.08. The average Bonchev–Trinajstić information content (AvgIpc) is 2.62. The van der Waals surface area contributed by atoms with Gasteiger partial charge in [0, 0.05) is 0 Å². The van der Waals surface area contributed by atoms with Crippen LogP contribution in [0.3, 0.4) is 0 Å². The molecule has 0 saturated carbocycles. The molecule has 0 rings (SSSR count). The summed E-state index contributed by atoms with van der Waals surface area (Å²) in [6.07, 6.45) is 23.2. The Morgan fingerprint density at radius 3 is 1.00 bits per heavy atom. The van der Waals surface area contributed by atoms with Crippen LogP contribution >= 0.6 is 0 Å². The van der Waals surface area contributed by atoms with Crippen molar-refractivity contribution in [2.75, 3.05) is 26.7 Å². The van der Waals surface area contributed by atoms with E-state index in [0.717, 1.165) is 13.1 Å². The summed E-state index contributed by atoms with van der Waals surface area (Å²) in [4.78, 5) is 0. The van der Waals surface area contributed by atoms with Gasteiger partial charge >= 0.3 is 0 Å². The fourth-order valence-corrected chi connectivity index (χ4v) is 3.10. The van der Waals surface area contributed by atoms with E-state index < -0.39 is 0 Å². The summed E-state index contributed by atoms with van der Waals surface area (Å²) in [5.41, 5.74) is 0. The average molecular weight is 357 g/mol. The molecule has 0 spiro atoms. The fourth-order valence-electron chi connectivity index (χ4n) is 3.10. The standard InChI is InChI=1S/C19H41N.C4H11N/c1-3-4-5-6-7-8-9-10-11-12-13-14-15-16-17-18-19-20-2;1-3-5-4-2/h20H,3-19H2,1-2H3;5H,3-4H2,1-2H3. The molecule has 0 heterocycles. The van der Waals surface area contributed by atoms with Crippen LogP contribution in [-0.2, 0) is 0 Å². The lowest BCUT2D eigenvalue weighted by Crippen LogP contribution is -2.09. The first-order valence-electron chi connectivity index (χ1n) is 11.7. The van der Waals surface area contributed by atoms with Crippen LogP contribution < -0.4 is 10.6 Å². The molecule has 154 valence electrons. The fraction of sp³-hybridized carbons (Fsp3) is 1.00. The lowest BCUT2D eigenvalue weighted by atomic mass is 10.0. The molecule has 0 amide bonds. The minimum atomic E-state index is 1.09. The zero-order valence-electron chi connectivity index (χ0n) is 18.4. The summed E-state index contributed by atoms with van der Waals surface area (Å²) in [6.45, 7) is 9.88. The molecule has 0 aromatic rings. The van der Waals surface area contributed by atoms with E-state index in [2.05, 4.69) is 31.4 Å². The van der Waals surface area contributed by atoms with Gasteiger partial charge in [-0.1, -0.05) is 117 Å². The van der Waals surface area contributed by atoms with Gasteiger partial charge in [0.2, 0.25) is 0 Å². The van der Waals surface area contributed by atoms with Crippen molar-refractivity contribution in [3.05, 3.63) is 0 Å². The Labute approximate surface area is 161 Å². The molecule has 0 fully saturated rings. The number of hydrogen-bond donors (Lipinski definition) is 2. The van der Waals surface area contributed by atoms with Crippen LogP contribution in [0.25, 0.3) is 0 Å². The van der Waals surface area contributed by atoms with Gasteiger partial charge in [-0.2, -0.15) is 0 Å². The van der Waals surface area contributed by atoms with Gasteiger partial charge in [-0.25, -0.2) is 0 Å². The van der Waals surface area contributed by atoms with Gasteiger partial charge in [0.1, 0.15) is 0 Å². The number of rotatable bonds is 19. The molecule has 0 aromatic heterocycles. The molecule has 0 unspecified atom stereocenters. The molecule has 25 heavy (non-hydrogen) atoms. The maximum absolute atomic E-state index is 3.22. The Morgan fingerprint density at radius 1 is 0.440 bits per heavy atom. The van der Waals surface area contributed by atoms with Crippen molar-refractivity contribution in [3.8, 4) is 0 Å². The van der Waals surface area contributed by atoms with Gasteiger partial charge in [-0.05, 0) is 33.1 Å². The summed E-state index contributed by atoms with van der Waals surface area (Å²) in [5.74, 6) is 0. The van der Waals surface area contributed by atoms with E-state index >= 15 is 0 Å². The van der Waals surface area contributed by atoms with Crippen LogP contribution in [0.1, 0.15) is 124 Å². The quantitative estimate of drug-likeness (QED) is 0.241. The van der Waals surface area contributed by atoms with Crippen LogP contribution in [0.4, 0.5) is 0 Å². The highest BCUT2D eigenvalue weighted by Crippen LogP contribution is 2.13. The van der Waals surface area contributed by atoms with E-state index in [0.29, 0.717) is 0 Å². The summed E-state index contributed by atoms with van der Waals surface area (Å²) in [5, 5.41) is 6.33. The Balaban J connectivity index is 0. The van der Waals surface area contributed by atoms with Gasteiger partial charge in [-0.3, -0.25) is 0 Å². The monoisotopic (exact) mass is 356 g/mol. The minimum Gasteiger partial charge on any atom is -0.320 e. The van der Waals surface area contributed by atoms with E-state index in [1.165, 1.54) is 109 Å². The van der Waals surface area contributed by atoms with Crippen molar-refractivity contribution in [2.45, 2.75) is 124 Å². The molecule has 0 bridgehead atoms. The molecule has 0 saturated heterocycles. The summed E-state index contributed by atoms with van der Waals surface area (Å²) in [7, 11) is 2.05. The first-order chi connectivity index (χ1) is 12.3. The molecule has 0 aliphatic carbocycles. The molecule has 0 aliphatic heterocycles. The van der Waals surface area contributed by atoms with Crippen molar-refractivity contribution in [2.24, 2.45) is 0 Å². The van der Waals surface area contributed by atoms with Crippen molar-refractivity contribution < 1.29 is 0 Å². The molecule has 0 aliphatic rings. The van der Waals surface area contributed by atoms with Crippen LogP contribution in [0.2, 0.25) is 0 Å². The second-order valence-electron chi connectivity index (χ2n) is 7.36. The van der Waals surface area contributed by atoms with Gasteiger partial charge in [0.15, 0.2) is 0 Å². The summed E-state index contributed by atoms with van der Waals surface area (Å²) < 4.78 is 0. The third kappa shape index (κ3) is 32.1. The van der Waals surface area contributed by atoms with Crippen LogP contribution in [0.5, 0.6) is 0 Å². The SMILES string of the molecule is CCCCCCCCCCCCCCCCCCNC.CCNCC. The van der Waals surface area contributed by atoms with Gasteiger partial charge in [0.25, 0.3) is 0 Å². The number of unbranched alkanes of at least 4 members (excludes halogenated alkanes) is 15. The van der Waals surface area contributed by atoms with Crippen LogP contribution in [-0.4, -0.2) is 26.7 Å². The predicted molar refractivity (Wildman–Crippen MR) is 118 cm³/mol. The third-order valence-corrected chi connectivity index (χ3v) is 4.78. The van der Waals surface area contributed by atoms with Crippen molar-refractivity contribution in [1.29, 1.82) is 0 Å². The maximum Gasteiger partial charge on any atom is -0.00519 e. The number of nitrogens with one attached hydrogen (secondary N) is 2. The normalized spacial score (nSPS) is 10.6. The first kappa shape index (κ1) is 27.1. The number of hydrogen-bond acceptors (Lipinski definition) is 2. The summed E-state index contributed by atoms with van der Waals surface area (Å²) in [6, 6.07) is 0. The van der Waals surface area contributed by atoms with E-state index in [1.807, 2.05) is 7.05 Å². The minimum absolute atomic E-state index is 1.09. The molecule has 2 nitrogen and oxygen atoms in total. The van der Waals surface area contributed by atoms with Crippen molar-refractivity contribution in [1.82, 2.24) is 10.6 Å².